The van der Waals surface area contributed by atoms with E-state index in [-0.39, 0.29) is 11.8 Å². The third kappa shape index (κ3) is 4.98. The van der Waals surface area contributed by atoms with Crippen LogP contribution in [0.2, 0.25) is 0 Å². The van der Waals surface area contributed by atoms with Crippen LogP contribution in [0.1, 0.15) is 23.5 Å². The molecule has 2 N–H and O–H groups in total. The standard InChI is InChI=1S/C27H25N3O/c1-28-26-19-29-17-16-24(26)22-12-14-23(15-13-22)30-27(31)18-25(20-8-4-2-5-9-20)21-10-6-3-7-11-21/h2-17,19,25,28H,18H2,1H3,(H,30,31). The minimum absolute atomic E-state index is 0.00900. The van der Waals surface area contributed by atoms with E-state index in [1.807, 2.05) is 73.8 Å². The van der Waals surface area contributed by atoms with Gasteiger partial charge in [0.2, 0.25) is 5.91 Å². The van der Waals surface area contributed by atoms with Gasteiger partial charge < -0.3 is 10.6 Å². The van der Waals surface area contributed by atoms with Gasteiger partial charge in [0.05, 0.1) is 11.9 Å². The fourth-order valence-electron chi connectivity index (χ4n) is 3.77. The highest BCUT2D eigenvalue weighted by molar-refractivity contribution is 5.92. The van der Waals surface area contributed by atoms with E-state index in [1.165, 1.54) is 0 Å². The number of hydrogen-bond donors (Lipinski definition) is 2. The molecule has 31 heavy (non-hydrogen) atoms. The second-order valence-corrected chi connectivity index (χ2v) is 7.37. The molecule has 0 saturated carbocycles. The van der Waals surface area contributed by atoms with E-state index in [1.54, 1.807) is 12.4 Å². The molecule has 4 nitrogen and oxygen atoms in total. The van der Waals surface area contributed by atoms with Crippen LogP contribution in [0.15, 0.2) is 103 Å². The highest BCUT2D eigenvalue weighted by atomic mass is 16.1. The van der Waals surface area contributed by atoms with Gasteiger partial charge in [-0.15, -0.1) is 0 Å². The van der Waals surface area contributed by atoms with Gasteiger partial charge in [0.1, 0.15) is 0 Å². The summed E-state index contributed by atoms with van der Waals surface area (Å²) in [7, 11) is 1.88. The zero-order valence-corrected chi connectivity index (χ0v) is 17.5. The van der Waals surface area contributed by atoms with Gasteiger partial charge in [0.25, 0.3) is 0 Å². The minimum Gasteiger partial charge on any atom is -0.386 e. The SMILES string of the molecule is CNc1cnccc1-c1ccc(NC(=O)CC(c2ccccc2)c2ccccc2)cc1. The number of benzene rings is 3. The van der Waals surface area contributed by atoms with Crippen molar-refractivity contribution in [1.82, 2.24) is 4.98 Å². The highest BCUT2D eigenvalue weighted by Crippen LogP contribution is 2.30. The molecular weight excluding hydrogens is 382 g/mol. The van der Waals surface area contributed by atoms with Crippen LogP contribution in [0.5, 0.6) is 0 Å². The van der Waals surface area contributed by atoms with E-state index in [2.05, 4.69) is 39.9 Å². The quantitative estimate of drug-likeness (QED) is 0.398. The number of nitrogens with one attached hydrogen (secondary N) is 2. The first-order valence-electron chi connectivity index (χ1n) is 10.4. The second kappa shape index (κ2) is 9.72. The van der Waals surface area contributed by atoms with E-state index in [9.17, 15) is 4.79 Å². The molecular formula is C27H25N3O. The summed E-state index contributed by atoms with van der Waals surface area (Å²) in [6.45, 7) is 0. The summed E-state index contributed by atoms with van der Waals surface area (Å²) in [5.41, 5.74) is 6.16. The van der Waals surface area contributed by atoms with E-state index in [0.29, 0.717) is 6.42 Å². The molecule has 4 rings (SSSR count). The normalized spacial score (nSPS) is 10.6. The Hall–Kier alpha value is -3.92. The molecule has 0 aliphatic rings. The van der Waals surface area contributed by atoms with Crippen molar-refractivity contribution in [2.24, 2.45) is 0 Å². The lowest BCUT2D eigenvalue weighted by atomic mass is 9.88. The Bertz CT molecular complexity index is 1090. The predicted octanol–water partition coefficient (Wildman–Crippen LogP) is 5.95. The molecule has 4 aromatic rings. The molecule has 4 heteroatoms. The van der Waals surface area contributed by atoms with Gasteiger partial charge >= 0.3 is 0 Å². The molecule has 1 amide bonds. The topological polar surface area (TPSA) is 54.0 Å². The minimum atomic E-state index is -0.00900. The van der Waals surface area contributed by atoms with Gasteiger partial charge in [0, 0.05) is 36.8 Å². The van der Waals surface area contributed by atoms with Crippen LogP contribution in [0, 0.1) is 0 Å². The maximum absolute atomic E-state index is 12.9. The van der Waals surface area contributed by atoms with Crippen LogP contribution < -0.4 is 10.6 Å². The van der Waals surface area contributed by atoms with Crippen molar-refractivity contribution in [3.63, 3.8) is 0 Å². The Labute approximate surface area is 183 Å². The van der Waals surface area contributed by atoms with Crippen LogP contribution in [-0.4, -0.2) is 17.9 Å². The Morgan fingerprint density at radius 2 is 1.45 bits per heavy atom. The molecule has 0 saturated heterocycles. The van der Waals surface area contributed by atoms with E-state index < -0.39 is 0 Å². The first kappa shape index (κ1) is 20.4. The fourth-order valence-corrected chi connectivity index (χ4v) is 3.77. The highest BCUT2D eigenvalue weighted by Gasteiger charge is 2.18. The van der Waals surface area contributed by atoms with Crippen molar-refractivity contribution in [1.29, 1.82) is 0 Å². The van der Waals surface area contributed by atoms with E-state index in [0.717, 1.165) is 33.6 Å². The van der Waals surface area contributed by atoms with Gasteiger partial charge in [-0.05, 0) is 34.9 Å². The lowest BCUT2D eigenvalue weighted by molar-refractivity contribution is -0.116. The van der Waals surface area contributed by atoms with E-state index in [4.69, 9.17) is 0 Å². The Balaban J connectivity index is 1.49. The number of hydrogen-bond acceptors (Lipinski definition) is 3. The summed E-state index contributed by atoms with van der Waals surface area (Å²) in [6, 6.07) is 30.2. The van der Waals surface area contributed by atoms with Gasteiger partial charge in [-0.3, -0.25) is 9.78 Å². The summed E-state index contributed by atoms with van der Waals surface area (Å²) >= 11 is 0. The molecule has 0 unspecified atom stereocenters. The van der Waals surface area contributed by atoms with Crippen molar-refractivity contribution >= 4 is 17.3 Å². The number of carbonyl (C=O) groups is 1. The van der Waals surface area contributed by atoms with Crippen LogP contribution in [-0.2, 0) is 4.79 Å². The third-order valence-electron chi connectivity index (χ3n) is 5.36. The van der Waals surface area contributed by atoms with Gasteiger partial charge in [0.15, 0.2) is 0 Å². The van der Waals surface area contributed by atoms with Crippen LogP contribution >= 0.6 is 0 Å². The molecule has 3 aromatic carbocycles. The summed E-state index contributed by atoms with van der Waals surface area (Å²) < 4.78 is 0. The Morgan fingerprint density at radius 1 is 0.839 bits per heavy atom. The molecule has 0 aliphatic heterocycles. The van der Waals surface area contributed by atoms with Gasteiger partial charge in [-0.2, -0.15) is 0 Å². The number of aromatic nitrogens is 1. The predicted molar refractivity (Wildman–Crippen MR) is 127 cm³/mol. The van der Waals surface area contributed by atoms with Crippen molar-refractivity contribution in [2.75, 3.05) is 17.7 Å². The second-order valence-electron chi connectivity index (χ2n) is 7.37. The largest absolute Gasteiger partial charge is 0.386 e. The zero-order valence-electron chi connectivity index (χ0n) is 17.5. The Kier molecular flexibility index (Phi) is 6.38. The third-order valence-corrected chi connectivity index (χ3v) is 5.36. The zero-order chi connectivity index (χ0) is 21.5. The maximum Gasteiger partial charge on any atom is 0.225 e. The van der Waals surface area contributed by atoms with Crippen LogP contribution in [0.3, 0.4) is 0 Å². The summed E-state index contributed by atoms with van der Waals surface area (Å²) in [5, 5.41) is 6.21. The molecule has 0 spiro atoms. The number of amides is 1. The first-order chi connectivity index (χ1) is 15.2. The van der Waals surface area contributed by atoms with Crippen molar-refractivity contribution < 1.29 is 4.79 Å². The Morgan fingerprint density at radius 3 is 2.03 bits per heavy atom. The van der Waals surface area contributed by atoms with Crippen molar-refractivity contribution in [3.05, 3.63) is 115 Å². The van der Waals surface area contributed by atoms with Crippen molar-refractivity contribution in [3.8, 4) is 11.1 Å². The molecule has 1 aromatic heterocycles. The average molecular weight is 408 g/mol. The summed E-state index contributed by atoms with van der Waals surface area (Å²) in [5.74, 6) is 0.00181. The summed E-state index contributed by atoms with van der Waals surface area (Å²) in [6.07, 6.45) is 3.96. The smallest absolute Gasteiger partial charge is 0.225 e. The molecule has 1 heterocycles. The van der Waals surface area contributed by atoms with E-state index >= 15 is 0 Å². The van der Waals surface area contributed by atoms with Gasteiger partial charge in [-0.1, -0.05) is 72.8 Å². The number of carbonyl (C=O) groups excluding carboxylic acids is 1. The lowest BCUT2D eigenvalue weighted by Crippen LogP contribution is -2.16. The first-order valence-corrected chi connectivity index (χ1v) is 10.4. The number of pyridine rings is 1. The van der Waals surface area contributed by atoms with Crippen LogP contribution in [0.4, 0.5) is 11.4 Å². The molecule has 154 valence electrons. The fraction of sp³-hybridized carbons (Fsp3) is 0.111. The number of rotatable bonds is 7. The molecule has 0 aliphatic carbocycles. The molecule has 0 fully saturated rings. The molecule has 0 atom stereocenters. The lowest BCUT2D eigenvalue weighted by Gasteiger charge is -2.18. The number of nitrogens with zero attached hydrogens (tertiary/aromatic N) is 1. The maximum atomic E-state index is 12.9. The molecule has 0 radical (unpaired) electrons. The molecule has 0 bridgehead atoms. The van der Waals surface area contributed by atoms with Crippen molar-refractivity contribution in [2.45, 2.75) is 12.3 Å². The van der Waals surface area contributed by atoms with Gasteiger partial charge in [-0.25, -0.2) is 0 Å². The average Bonchev–Trinajstić information content (AvgIpc) is 2.84. The van der Waals surface area contributed by atoms with Crippen LogP contribution in [0.25, 0.3) is 11.1 Å². The summed E-state index contributed by atoms with van der Waals surface area (Å²) in [4.78, 5) is 17.1. The number of anilines is 2. The monoisotopic (exact) mass is 407 g/mol.